The molecule has 62 valence electrons. The average molecular weight is 177 g/mol. The maximum Gasteiger partial charge on any atom is 0.0956 e. The van der Waals surface area contributed by atoms with Crippen molar-refractivity contribution in [2.24, 2.45) is 0 Å². The number of thioether (sulfide) groups is 1. The van der Waals surface area contributed by atoms with Gasteiger partial charge in [-0.25, -0.2) is 0 Å². The summed E-state index contributed by atoms with van der Waals surface area (Å²) in [5, 5.41) is 3.84. The Bertz CT molecular complexity index is 281. The Kier molecular flexibility index (Phi) is 2.09. The molecule has 1 aromatic carbocycles. The summed E-state index contributed by atoms with van der Waals surface area (Å²) in [5.74, 6) is 0. The number of rotatable bonds is 1. The van der Waals surface area contributed by atoms with Gasteiger partial charge in [0, 0.05) is 10.6 Å². The number of nitrogens with one attached hydrogen (secondary N) is 1. The lowest BCUT2D eigenvalue weighted by Crippen LogP contribution is -2.04. The van der Waals surface area contributed by atoms with Crippen LogP contribution in [0.4, 0.5) is 5.69 Å². The minimum absolute atomic E-state index is 0.424. The summed E-state index contributed by atoms with van der Waals surface area (Å²) in [6, 6.07) is 8.40. The van der Waals surface area contributed by atoms with E-state index in [0.717, 1.165) is 0 Å². The highest BCUT2D eigenvalue weighted by molar-refractivity contribution is 8.00. The van der Waals surface area contributed by atoms with E-state index in [4.69, 9.17) is 0 Å². The molecule has 2 heteroatoms. The minimum Gasteiger partial charge on any atom is -0.369 e. The lowest BCUT2D eigenvalue weighted by atomic mass is 10.3. The molecule has 1 heterocycles. The van der Waals surface area contributed by atoms with E-state index in [2.05, 4.69) is 41.7 Å². The summed E-state index contributed by atoms with van der Waals surface area (Å²) < 4.78 is 0. The Balaban J connectivity index is 2.22. The smallest absolute Gasteiger partial charge is 0.0956 e. The number of para-hydroxylation sites is 1. The molecule has 1 aromatic rings. The standard InChI is InChI=1S/C10H11NS/c1-2-5-10-11-8-6-3-4-7-9(8)12-10/h2-7,10-11H,1H3/b5-2+/t10-/m1/s1. The first-order valence-electron chi connectivity index (χ1n) is 4.05. The Morgan fingerprint density at radius 1 is 1.42 bits per heavy atom. The van der Waals surface area contributed by atoms with Gasteiger partial charge in [0.15, 0.2) is 0 Å². The van der Waals surface area contributed by atoms with Crippen LogP contribution in [-0.4, -0.2) is 5.37 Å². The molecular formula is C10H11NS. The van der Waals surface area contributed by atoms with Crippen LogP contribution in [0.1, 0.15) is 6.92 Å². The number of anilines is 1. The summed E-state index contributed by atoms with van der Waals surface area (Å²) in [7, 11) is 0. The number of allylic oxidation sites excluding steroid dienone is 1. The van der Waals surface area contributed by atoms with E-state index in [0.29, 0.717) is 5.37 Å². The second kappa shape index (κ2) is 3.23. The van der Waals surface area contributed by atoms with E-state index in [9.17, 15) is 0 Å². The predicted molar refractivity (Wildman–Crippen MR) is 54.5 cm³/mol. The van der Waals surface area contributed by atoms with Gasteiger partial charge in [-0.3, -0.25) is 0 Å². The number of fused-ring (bicyclic) bond motifs is 1. The van der Waals surface area contributed by atoms with Crippen LogP contribution in [0.2, 0.25) is 0 Å². The van der Waals surface area contributed by atoms with E-state index in [-0.39, 0.29) is 0 Å². The molecular weight excluding hydrogens is 166 g/mol. The van der Waals surface area contributed by atoms with Crippen molar-refractivity contribution in [3.63, 3.8) is 0 Å². The molecule has 0 aliphatic carbocycles. The zero-order chi connectivity index (χ0) is 8.39. The summed E-state index contributed by atoms with van der Waals surface area (Å²) in [6.45, 7) is 2.05. The molecule has 0 bridgehead atoms. The lowest BCUT2D eigenvalue weighted by molar-refractivity contribution is 1.27. The molecule has 1 atom stereocenters. The Labute approximate surface area is 76.9 Å². The minimum atomic E-state index is 0.424. The van der Waals surface area contributed by atoms with Crippen molar-refractivity contribution in [2.75, 3.05) is 5.32 Å². The molecule has 0 unspecified atom stereocenters. The highest BCUT2D eigenvalue weighted by atomic mass is 32.2. The predicted octanol–water partition coefficient (Wildman–Crippen LogP) is 3.11. The van der Waals surface area contributed by atoms with E-state index in [1.807, 2.05) is 18.7 Å². The average Bonchev–Trinajstić information content (AvgIpc) is 2.47. The summed E-state index contributed by atoms with van der Waals surface area (Å²) in [5.41, 5.74) is 1.26. The van der Waals surface area contributed by atoms with Gasteiger partial charge in [-0.05, 0) is 19.1 Å². The zero-order valence-electron chi connectivity index (χ0n) is 6.95. The molecule has 1 N–H and O–H groups in total. The van der Waals surface area contributed by atoms with Crippen LogP contribution in [0.25, 0.3) is 0 Å². The van der Waals surface area contributed by atoms with Gasteiger partial charge in [0.2, 0.25) is 0 Å². The quantitative estimate of drug-likeness (QED) is 0.661. The van der Waals surface area contributed by atoms with Crippen molar-refractivity contribution >= 4 is 17.4 Å². The molecule has 2 rings (SSSR count). The van der Waals surface area contributed by atoms with Crippen LogP contribution in [0, 0.1) is 0 Å². The van der Waals surface area contributed by atoms with Gasteiger partial charge in [-0.15, -0.1) is 0 Å². The number of hydrogen-bond donors (Lipinski definition) is 1. The molecule has 1 aliphatic heterocycles. The molecule has 0 radical (unpaired) electrons. The second-order valence-electron chi connectivity index (χ2n) is 2.70. The van der Waals surface area contributed by atoms with Crippen LogP contribution >= 0.6 is 11.8 Å². The van der Waals surface area contributed by atoms with Gasteiger partial charge in [0.1, 0.15) is 0 Å². The molecule has 0 amide bonds. The highest BCUT2D eigenvalue weighted by Crippen LogP contribution is 2.38. The lowest BCUT2D eigenvalue weighted by Gasteiger charge is -2.01. The molecule has 0 aromatic heterocycles. The molecule has 12 heavy (non-hydrogen) atoms. The van der Waals surface area contributed by atoms with Gasteiger partial charge in [-0.2, -0.15) is 0 Å². The van der Waals surface area contributed by atoms with Crippen LogP contribution in [0.15, 0.2) is 41.3 Å². The van der Waals surface area contributed by atoms with Gasteiger partial charge in [-0.1, -0.05) is 36.0 Å². The molecule has 1 nitrogen and oxygen atoms in total. The first-order valence-corrected chi connectivity index (χ1v) is 4.93. The van der Waals surface area contributed by atoms with Crippen LogP contribution < -0.4 is 5.32 Å². The Morgan fingerprint density at radius 3 is 3.00 bits per heavy atom. The first kappa shape index (κ1) is 7.74. The fraction of sp³-hybridized carbons (Fsp3) is 0.200. The fourth-order valence-corrected chi connectivity index (χ4v) is 2.38. The number of hydrogen-bond acceptors (Lipinski definition) is 2. The van der Waals surface area contributed by atoms with Gasteiger partial charge >= 0.3 is 0 Å². The fourth-order valence-electron chi connectivity index (χ4n) is 1.27. The van der Waals surface area contributed by atoms with Crippen molar-refractivity contribution in [3.8, 4) is 0 Å². The monoisotopic (exact) mass is 177 g/mol. The van der Waals surface area contributed by atoms with E-state index < -0.39 is 0 Å². The van der Waals surface area contributed by atoms with Gasteiger partial charge < -0.3 is 5.32 Å². The Hall–Kier alpha value is -0.890. The van der Waals surface area contributed by atoms with Crippen LogP contribution in [0.3, 0.4) is 0 Å². The third kappa shape index (κ3) is 1.34. The van der Waals surface area contributed by atoms with Crippen molar-refractivity contribution < 1.29 is 0 Å². The number of benzene rings is 1. The summed E-state index contributed by atoms with van der Waals surface area (Å²) in [6.07, 6.45) is 4.25. The molecule has 0 saturated heterocycles. The molecule has 0 saturated carbocycles. The third-order valence-corrected chi connectivity index (χ3v) is 2.94. The van der Waals surface area contributed by atoms with Crippen molar-refractivity contribution in [1.82, 2.24) is 0 Å². The van der Waals surface area contributed by atoms with Gasteiger partial charge in [0.25, 0.3) is 0 Å². The molecule has 1 aliphatic rings. The highest BCUT2D eigenvalue weighted by Gasteiger charge is 2.17. The topological polar surface area (TPSA) is 12.0 Å². The molecule has 0 fully saturated rings. The summed E-state index contributed by atoms with van der Waals surface area (Å²) >= 11 is 1.86. The van der Waals surface area contributed by atoms with E-state index in [1.54, 1.807) is 0 Å². The maximum absolute atomic E-state index is 3.41. The van der Waals surface area contributed by atoms with E-state index >= 15 is 0 Å². The SMILES string of the molecule is C/C=C/[C@@H]1Nc2ccccc2S1. The normalized spacial score (nSPS) is 20.9. The van der Waals surface area contributed by atoms with Crippen molar-refractivity contribution in [2.45, 2.75) is 17.2 Å². The molecule has 0 spiro atoms. The Morgan fingerprint density at radius 2 is 2.25 bits per heavy atom. The largest absolute Gasteiger partial charge is 0.369 e. The maximum atomic E-state index is 3.41. The second-order valence-corrected chi connectivity index (χ2v) is 3.89. The van der Waals surface area contributed by atoms with Gasteiger partial charge in [0.05, 0.1) is 5.37 Å². The summed E-state index contributed by atoms with van der Waals surface area (Å²) in [4.78, 5) is 1.35. The third-order valence-electron chi connectivity index (χ3n) is 1.81. The van der Waals surface area contributed by atoms with Crippen molar-refractivity contribution in [1.29, 1.82) is 0 Å². The zero-order valence-corrected chi connectivity index (χ0v) is 7.77. The first-order chi connectivity index (χ1) is 5.90. The van der Waals surface area contributed by atoms with E-state index in [1.165, 1.54) is 10.6 Å². The van der Waals surface area contributed by atoms with Crippen LogP contribution in [-0.2, 0) is 0 Å². The van der Waals surface area contributed by atoms with Crippen molar-refractivity contribution in [3.05, 3.63) is 36.4 Å². The van der Waals surface area contributed by atoms with Crippen LogP contribution in [0.5, 0.6) is 0 Å².